The van der Waals surface area contributed by atoms with Crippen molar-refractivity contribution in [2.75, 3.05) is 26.2 Å². The predicted octanol–water partition coefficient (Wildman–Crippen LogP) is 4.75. The lowest BCUT2D eigenvalue weighted by Gasteiger charge is -2.33. The normalized spacial score (nSPS) is 16.3. The van der Waals surface area contributed by atoms with Crippen LogP contribution in [0, 0.1) is 13.8 Å². The molecule has 3 nitrogen and oxygen atoms in total. The van der Waals surface area contributed by atoms with Crippen molar-refractivity contribution in [1.29, 1.82) is 0 Å². The maximum absolute atomic E-state index is 4.70. The molecule has 1 heterocycles. The molecule has 1 saturated heterocycles. The van der Waals surface area contributed by atoms with E-state index in [0.29, 0.717) is 0 Å². The number of nitrogens with zero attached hydrogens (tertiary/aromatic N) is 3. The van der Waals surface area contributed by atoms with Crippen molar-refractivity contribution >= 4 is 6.21 Å². The Bertz CT molecular complexity index is 776. The largest absolute Gasteiger partial charge is 0.295 e. The van der Waals surface area contributed by atoms with E-state index in [2.05, 4.69) is 87.0 Å². The quantitative estimate of drug-likeness (QED) is 0.730. The van der Waals surface area contributed by atoms with Gasteiger partial charge in [0.25, 0.3) is 0 Å². The van der Waals surface area contributed by atoms with Gasteiger partial charge in [0.15, 0.2) is 0 Å². The van der Waals surface area contributed by atoms with E-state index in [9.17, 15) is 0 Å². The van der Waals surface area contributed by atoms with Crippen molar-refractivity contribution in [3.8, 4) is 0 Å². The third-order valence-electron chi connectivity index (χ3n) is 5.39. The van der Waals surface area contributed by atoms with Crippen molar-refractivity contribution in [3.05, 3.63) is 70.3 Å². The average Bonchev–Trinajstić information content (AvgIpc) is 2.63. The van der Waals surface area contributed by atoms with Crippen LogP contribution in [-0.2, 0) is 12.0 Å². The molecule has 0 amide bonds. The highest BCUT2D eigenvalue weighted by Gasteiger charge is 2.16. The van der Waals surface area contributed by atoms with Gasteiger partial charge in [0.05, 0.1) is 6.21 Å². The van der Waals surface area contributed by atoms with Crippen LogP contribution in [0.3, 0.4) is 0 Å². The lowest BCUT2D eigenvalue weighted by molar-refractivity contribution is 0.131. The summed E-state index contributed by atoms with van der Waals surface area (Å²) >= 11 is 0. The van der Waals surface area contributed by atoms with Crippen molar-refractivity contribution in [2.24, 2.45) is 5.10 Å². The Morgan fingerprint density at radius 3 is 2.19 bits per heavy atom. The van der Waals surface area contributed by atoms with Gasteiger partial charge in [0.1, 0.15) is 0 Å². The number of piperazine rings is 1. The molecule has 0 spiro atoms. The summed E-state index contributed by atoms with van der Waals surface area (Å²) < 4.78 is 0. The van der Waals surface area contributed by atoms with Crippen LogP contribution in [0.5, 0.6) is 0 Å². The Morgan fingerprint density at radius 1 is 0.926 bits per heavy atom. The third-order valence-corrected chi connectivity index (χ3v) is 5.39. The molecule has 0 unspecified atom stereocenters. The highest BCUT2D eigenvalue weighted by Crippen LogP contribution is 2.22. The minimum Gasteiger partial charge on any atom is -0.295 e. The molecule has 3 heteroatoms. The smallest absolute Gasteiger partial charge is 0.0542 e. The summed E-state index contributed by atoms with van der Waals surface area (Å²) in [6.45, 7) is 16.2. The number of rotatable bonds is 4. The molecule has 144 valence electrons. The molecule has 1 fully saturated rings. The Labute approximate surface area is 164 Å². The fraction of sp³-hybridized carbons (Fsp3) is 0.458. The second-order valence-corrected chi connectivity index (χ2v) is 8.78. The van der Waals surface area contributed by atoms with Gasteiger partial charge in [-0.2, -0.15) is 5.10 Å². The molecule has 0 atom stereocenters. The molecule has 0 bridgehead atoms. The summed E-state index contributed by atoms with van der Waals surface area (Å²) in [6.07, 6.45) is 1.99. The fourth-order valence-electron chi connectivity index (χ4n) is 3.49. The van der Waals surface area contributed by atoms with Crippen LogP contribution in [0.25, 0.3) is 0 Å². The summed E-state index contributed by atoms with van der Waals surface area (Å²) in [5, 5.41) is 6.89. The maximum atomic E-state index is 4.70. The van der Waals surface area contributed by atoms with E-state index in [4.69, 9.17) is 5.10 Å². The van der Waals surface area contributed by atoms with Crippen LogP contribution in [-0.4, -0.2) is 42.3 Å². The van der Waals surface area contributed by atoms with Crippen LogP contribution in [0.15, 0.2) is 47.6 Å². The van der Waals surface area contributed by atoms with E-state index >= 15 is 0 Å². The topological polar surface area (TPSA) is 18.8 Å². The van der Waals surface area contributed by atoms with Crippen LogP contribution in [0.1, 0.15) is 48.6 Å². The number of hydrazone groups is 1. The SMILES string of the molecule is Cc1ccc(CN2CCN(N=Cc3ccc(C(C)(C)C)cc3)CC2)c(C)c1. The average molecular weight is 364 g/mol. The lowest BCUT2D eigenvalue weighted by atomic mass is 9.87. The molecule has 1 aliphatic rings. The summed E-state index contributed by atoms with van der Waals surface area (Å²) in [6, 6.07) is 15.5. The van der Waals surface area contributed by atoms with Crippen LogP contribution < -0.4 is 0 Å². The maximum Gasteiger partial charge on any atom is 0.0542 e. The van der Waals surface area contributed by atoms with Gasteiger partial charge in [0, 0.05) is 32.7 Å². The third kappa shape index (κ3) is 5.43. The first kappa shape index (κ1) is 19.6. The summed E-state index contributed by atoms with van der Waals surface area (Å²) in [5.74, 6) is 0. The van der Waals surface area contributed by atoms with E-state index < -0.39 is 0 Å². The Hall–Kier alpha value is -2.13. The zero-order valence-electron chi connectivity index (χ0n) is 17.5. The minimum absolute atomic E-state index is 0.196. The van der Waals surface area contributed by atoms with Gasteiger partial charge >= 0.3 is 0 Å². The Balaban J connectivity index is 1.51. The molecular formula is C24H33N3. The highest BCUT2D eigenvalue weighted by molar-refractivity contribution is 5.79. The first-order valence-electron chi connectivity index (χ1n) is 9.99. The molecule has 0 saturated carbocycles. The molecule has 2 aromatic carbocycles. The standard InChI is InChI=1S/C24H33N3/c1-19-6-9-22(20(2)16-19)18-26-12-14-27(15-13-26)25-17-21-7-10-23(11-8-21)24(3,4)5/h6-11,16-17H,12-15,18H2,1-5H3. The molecule has 0 radical (unpaired) electrons. The molecule has 0 aromatic heterocycles. The van der Waals surface area contributed by atoms with E-state index in [1.54, 1.807) is 0 Å². The number of benzene rings is 2. The second kappa shape index (κ2) is 8.26. The van der Waals surface area contributed by atoms with Crippen LogP contribution in [0.2, 0.25) is 0 Å². The fourth-order valence-corrected chi connectivity index (χ4v) is 3.49. The number of hydrogen-bond acceptors (Lipinski definition) is 3. The van der Waals surface area contributed by atoms with E-state index in [0.717, 1.165) is 32.7 Å². The van der Waals surface area contributed by atoms with Gasteiger partial charge in [0.2, 0.25) is 0 Å². The van der Waals surface area contributed by atoms with E-state index in [1.807, 2.05) is 6.21 Å². The minimum atomic E-state index is 0.196. The summed E-state index contributed by atoms with van der Waals surface area (Å²) in [7, 11) is 0. The highest BCUT2D eigenvalue weighted by atomic mass is 15.5. The number of aryl methyl sites for hydroxylation is 2. The van der Waals surface area contributed by atoms with Crippen molar-refractivity contribution < 1.29 is 0 Å². The monoisotopic (exact) mass is 363 g/mol. The van der Waals surface area contributed by atoms with Gasteiger partial charge in [-0.3, -0.25) is 9.91 Å². The Kier molecular flexibility index (Phi) is 6.01. The summed E-state index contributed by atoms with van der Waals surface area (Å²) in [5.41, 5.74) is 6.90. The zero-order chi connectivity index (χ0) is 19.4. The van der Waals surface area contributed by atoms with Gasteiger partial charge < -0.3 is 0 Å². The van der Waals surface area contributed by atoms with Gasteiger partial charge in [-0.1, -0.05) is 68.8 Å². The van der Waals surface area contributed by atoms with Gasteiger partial charge in [-0.25, -0.2) is 0 Å². The first-order valence-corrected chi connectivity index (χ1v) is 9.99. The van der Waals surface area contributed by atoms with Crippen molar-refractivity contribution in [1.82, 2.24) is 9.91 Å². The lowest BCUT2D eigenvalue weighted by Crippen LogP contribution is -2.43. The second-order valence-electron chi connectivity index (χ2n) is 8.78. The first-order chi connectivity index (χ1) is 12.8. The van der Waals surface area contributed by atoms with Crippen LogP contribution in [0.4, 0.5) is 0 Å². The number of hydrogen-bond donors (Lipinski definition) is 0. The van der Waals surface area contributed by atoms with Gasteiger partial charge in [-0.05, 0) is 41.5 Å². The van der Waals surface area contributed by atoms with Crippen LogP contribution >= 0.6 is 0 Å². The molecule has 27 heavy (non-hydrogen) atoms. The van der Waals surface area contributed by atoms with Crippen molar-refractivity contribution in [2.45, 2.75) is 46.6 Å². The molecule has 2 aromatic rings. The summed E-state index contributed by atoms with van der Waals surface area (Å²) in [4.78, 5) is 2.53. The molecule has 0 N–H and O–H groups in total. The predicted molar refractivity (Wildman–Crippen MR) is 116 cm³/mol. The molecule has 1 aliphatic heterocycles. The molecule has 3 rings (SSSR count). The van der Waals surface area contributed by atoms with Crippen molar-refractivity contribution in [3.63, 3.8) is 0 Å². The van der Waals surface area contributed by atoms with E-state index in [1.165, 1.54) is 27.8 Å². The molecule has 0 aliphatic carbocycles. The zero-order valence-corrected chi connectivity index (χ0v) is 17.5. The Morgan fingerprint density at radius 2 is 1.59 bits per heavy atom. The molecular weight excluding hydrogens is 330 g/mol. The van der Waals surface area contributed by atoms with Gasteiger partial charge in [-0.15, -0.1) is 0 Å². The van der Waals surface area contributed by atoms with E-state index in [-0.39, 0.29) is 5.41 Å².